The second-order valence-electron chi connectivity index (χ2n) is 8.16. The minimum absolute atomic E-state index is 0.0148. The van der Waals surface area contributed by atoms with E-state index in [1.807, 2.05) is 15.6 Å². The number of piperidine rings is 1. The lowest BCUT2D eigenvalue weighted by molar-refractivity contribution is 0.0517. The second kappa shape index (κ2) is 10.2. The average molecular weight is 466 g/mol. The maximum atomic E-state index is 12.9. The van der Waals surface area contributed by atoms with E-state index in [4.69, 9.17) is 16.3 Å². The summed E-state index contributed by atoms with van der Waals surface area (Å²) >= 11 is 6.06. The number of carbonyl (C=O) groups excluding carboxylic acids is 2. The van der Waals surface area contributed by atoms with Crippen molar-refractivity contribution in [2.45, 2.75) is 39.2 Å². The smallest absolute Gasteiger partial charge is 0.358 e. The third-order valence-corrected chi connectivity index (χ3v) is 6.28. The summed E-state index contributed by atoms with van der Waals surface area (Å²) in [6, 6.07) is 17.3. The van der Waals surface area contributed by atoms with Gasteiger partial charge in [0.2, 0.25) is 0 Å². The number of halogens is 1. The Labute approximate surface area is 199 Å². The molecule has 1 saturated heterocycles. The van der Waals surface area contributed by atoms with Crippen molar-refractivity contribution in [2.24, 2.45) is 0 Å². The molecular weight excluding hydrogens is 438 g/mol. The predicted octanol–water partition coefficient (Wildman–Crippen LogP) is 5.42. The zero-order chi connectivity index (χ0) is 23.4. The highest BCUT2D eigenvalue weighted by Crippen LogP contribution is 2.30. The molecule has 1 aliphatic rings. The highest BCUT2D eigenvalue weighted by molar-refractivity contribution is 6.30. The van der Waals surface area contributed by atoms with Crippen molar-refractivity contribution in [3.05, 3.63) is 76.4 Å². The van der Waals surface area contributed by atoms with Gasteiger partial charge >= 0.3 is 5.97 Å². The fourth-order valence-electron chi connectivity index (χ4n) is 4.22. The van der Waals surface area contributed by atoms with Crippen LogP contribution in [0.3, 0.4) is 0 Å². The zero-order valence-corrected chi connectivity index (χ0v) is 19.7. The molecule has 4 rings (SSSR count). The number of nitrogens with zero attached hydrogens (tertiary/aromatic N) is 3. The number of ether oxygens (including phenoxy) is 1. The van der Waals surface area contributed by atoms with Gasteiger partial charge in [0.05, 0.1) is 18.3 Å². The first kappa shape index (κ1) is 23.1. The SMILES string of the molecule is CCOC(=O)c1cc(-c2ccc(CC)cc2)n(C2CCN(C(=O)c3cccc(Cl)c3)CC2)n1. The van der Waals surface area contributed by atoms with Crippen LogP contribution >= 0.6 is 11.6 Å². The first-order valence-corrected chi connectivity index (χ1v) is 11.8. The van der Waals surface area contributed by atoms with Crippen molar-refractivity contribution in [1.82, 2.24) is 14.7 Å². The molecule has 33 heavy (non-hydrogen) atoms. The van der Waals surface area contributed by atoms with Gasteiger partial charge < -0.3 is 9.64 Å². The Balaban J connectivity index is 1.56. The van der Waals surface area contributed by atoms with Crippen LogP contribution in [0.2, 0.25) is 5.02 Å². The summed E-state index contributed by atoms with van der Waals surface area (Å²) in [5, 5.41) is 5.19. The van der Waals surface area contributed by atoms with Crippen molar-refractivity contribution in [3.63, 3.8) is 0 Å². The number of likely N-dealkylation sites (tertiary alicyclic amines) is 1. The quantitative estimate of drug-likeness (QED) is 0.456. The van der Waals surface area contributed by atoms with E-state index < -0.39 is 5.97 Å². The molecule has 172 valence electrons. The topological polar surface area (TPSA) is 64.4 Å². The van der Waals surface area contributed by atoms with Gasteiger partial charge in [0.1, 0.15) is 0 Å². The molecule has 0 aliphatic carbocycles. The summed E-state index contributed by atoms with van der Waals surface area (Å²) < 4.78 is 7.12. The van der Waals surface area contributed by atoms with Gasteiger partial charge in [-0.3, -0.25) is 9.48 Å². The van der Waals surface area contributed by atoms with Gasteiger partial charge in [0.25, 0.3) is 5.91 Å². The molecule has 0 bridgehead atoms. The molecule has 7 heteroatoms. The molecule has 3 aromatic rings. The fraction of sp³-hybridized carbons (Fsp3) is 0.346. The minimum Gasteiger partial charge on any atom is -0.461 e. The molecule has 1 aliphatic heterocycles. The van der Waals surface area contributed by atoms with Crippen molar-refractivity contribution >= 4 is 23.5 Å². The van der Waals surface area contributed by atoms with E-state index in [1.54, 1.807) is 31.2 Å². The molecule has 2 aromatic carbocycles. The standard InChI is InChI=1S/C26H28ClN3O3/c1-3-18-8-10-19(11-9-18)24-17-23(26(32)33-4-2)28-30(24)22-12-14-29(15-13-22)25(31)20-6-5-7-21(27)16-20/h5-11,16-17,22H,3-4,12-15H2,1-2H3. The molecule has 6 nitrogen and oxygen atoms in total. The van der Waals surface area contributed by atoms with E-state index >= 15 is 0 Å². The Morgan fingerprint density at radius 3 is 2.42 bits per heavy atom. The molecular formula is C26H28ClN3O3. The second-order valence-corrected chi connectivity index (χ2v) is 8.60. The fourth-order valence-corrected chi connectivity index (χ4v) is 4.41. The Morgan fingerprint density at radius 2 is 1.79 bits per heavy atom. The number of aryl methyl sites for hydroxylation is 1. The third-order valence-electron chi connectivity index (χ3n) is 6.05. The number of hydrogen-bond donors (Lipinski definition) is 0. The molecule has 0 radical (unpaired) electrons. The molecule has 0 unspecified atom stereocenters. The van der Waals surface area contributed by atoms with Gasteiger partial charge in [-0.25, -0.2) is 4.79 Å². The highest BCUT2D eigenvalue weighted by atomic mass is 35.5. The molecule has 0 spiro atoms. The van der Waals surface area contributed by atoms with Crippen LogP contribution in [0.25, 0.3) is 11.3 Å². The number of benzene rings is 2. The van der Waals surface area contributed by atoms with Crippen LogP contribution < -0.4 is 0 Å². The van der Waals surface area contributed by atoms with E-state index in [1.165, 1.54) is 5.56 Å². The summed E-state index contributed by atoms with van der Waals surface area (Å²) in [5.74, 6) is -0.435. The number of amides is 1. The van der Waals surface area contributed by atoms with E-state index in [0.29, 0.717) is 36.0 Å². The maximum absolute atomic E-state index is 12.9. The van der Waals surface area contributed by atoms with E-state index in [-0.39, 0.29) is 11.9 Å². The number of aromatic nitrogens is 2. The summed E-state index contributed by atoms with van der Waals surface area (Å²) in [6.07, 6.45) is 2.46. The first-order valence-electron chi connectivity index (χ1n) is 11.4. The number of esters is 1. The van der Waals surface area contributed by atoms with Crippen LogP contribution in [0.4, 0.5) is 0 Å². The lowest BCUT2D eigenvalue weighted by atomic mass is 10.0. The number of carbonyl (C=O) groups is 2. The maximum Gasteiger partial charge on any atom is 0.358 e. The monoisotopic (exact) mass is 465 g/mol. The van der Waals surface area contributed by atoms with Crippen molar-refractivity contribution in [1.29, 1.82) is 0 Å². The van der Waals surface area contributed by atoms with Gasteiger partial charge in [-0.05, 0) is 61.6 Å². The average Bonchev–Trinajstić information content (AvgIpc) is 3.29. The summed E-state index contributed by atoms with van der Waals surface area (Å²) in [6.45, 7) is 5.43. The van der Waals surface area contributed by atoms with Gasteiger partial charge in [-0.1, -0.05) is 48.9 Å². The third kappa shape index (κ3) is 5.11. The normalized spacial score (nSPS) is 14.3. The molecule has 0 N–H and O–H groups in total. The molecule has 1 aromatic heterocycles. The van der Waals surface area contributed by atoms with Gasteiger partial charge in [-0.2, -0.15) is 5.10 Å². The van der Waals surface area contributed by atoms with E-state index in [2.05, 4.69) is 36.3 Å². The van der Waals surface area contributed by atoms with Crippen LogP contribution in [0, 0.1) is 0 Å². The highest BCUT2D eigenvalue weighted by Gasteiger charge is 2.28. The first-order chi connectivity index (χ1) is 16.0. The van der Waals surface area contributed by atoms with Gasteiger partial charge in [0, 0.05) is 23.7 Å². The molecule has 0 atom stereocenters. The van der Waals surface area contributed by atoms with Crippen molar-refractivity contribution in [3.8, 4) is 11.3 Å². The largest absolute Gasteiger partial charge is 0.461 e. The summed E-state index contributed by atoms with van der Waals surface area (Å²) in [5.41, 5.74) is 4.06. The van der Waals surface area contributed by atoms with Gasteiger partial charge in [-0.15, -0.1) is 0 Å². The predicted molar refractivity (Wildman–Crippen MR) is 129 cm³/mol. The Hall–Kier alpha value is -3.12. The molecule has 2 heterocycles. The van der Waals surface area contributed by atoms with Gasteiger partial charge in [0.15, 0.2) is 5.69 Å². The minimum atomic E-state index is -0.420. The Kier molecular flexibility index (Phi) is 7.14. The van der Waals surface area contributed by atoms with Crippen LogP contribution in [0.5, 0.6) is 0 Å². The molecule has 0 saturated carbocycles. The van der Waals surface area contributed by atoms with E-state index in [0.717, 1.165) is 30.5 Å². The summed E-state index contributed by atoms with van der Waals surface area (Å²) in [4.78, 5) is 27.1. The van der Waals surface area contributed by atoms with Crippen LogP contribution in [-0.2, 0) is 11.2 Å². The van der Waals surface area contributed by atoms with E-state index in [9.17, 15) is 9.59 Å². The van der Waals surface area contributed by atoms with Crippen molar-refractivity contribution < 1.29 is 14.3 Å². The number of hydrogen-bond acceptors (Lipinski definition) is 4. The Morgan fingerprint density at radius 1 is 1.06 bits per heavy atom. The number of rotatable bonds is 6. The van der Waals surface area contributed by atoms with Crippen LogP contribution in [-0.4, -0.2) is 46.3 Å². The van der Waals surface area contributed by atoms with Crippen LogP contribution in [0.15, 0.2) is 54.6 Å². The van der Waals surface area contributed by atoms with Crippen LogP contribution in [0.1, 0.15) is 59.1 Å². The summed E-state index contributed by atoms with van der Waals surface area (Å²) in [7, 11) is 0. The molecule has 1 fully saturated rings. The Bertz CT molecular complexity index is 1130. The lowest BCUT2D eigenvalue weighted by Crippen LogP contribution is -2.39. The lowest BCUT2D eigenvalue weighted by Gasteiger charge is -2.33. The van der Waals surface area contributed by atoms with Crippen molar-refractivity contribution in [2.75, 3.05) is 19.7 Å². The zero-order valence-electron chi connectivity index (χ0n) is 19.0. The molecule has 1 amide bonds.